The van der Waals surface area contributed by atoms with Crippen LogP contribution in [0.4, 0.5) is 0 Å². The number of aromatic nitrogens is 2. The second-order valence-corrected chi connectivity index (χ2v) is 4.67. The number of hydrogen-bond donors (Lipinski definition) is 1. The molecule has 0 aliphatic carbocycles. The number of aliphatic hydroxyl groups excluding tert-OH is 1. The van der Waals surface area contributed by atoms with Crippen molar-refractivity contribution in [3.63, 3.8) is 0 Å². The SMILES string of the molecule is CCC(O)c1ccccc1Sc1ccncn1. The molecule has 0 fully saturated rings. The third-order valence-electron chi connectivity index (χ3n) is 2.43. The number of nitrogens with zero attached hydrogens (tertiary/aromatic N) is 2. The highest BCUT2D eigenvalue weighted by Gasteiger charge is 2.11. The summed E-state index contributed by atoms with van der Waals surface area (Å²) < 4.78 is 0. The molecule has 0 saturated carbocycles. The van der Waals surface area contributed by atoms with Crippen LogP contribution in [0, 0.1) is 0 Å². The third-order valence-corrected chi connectivity index (χ3v) is 3.48. The minimum Gasteiger partial charge on any atom is -0.388 e. The molecule has 1 heterocycles. The quantitative estimate of drug-likeness (QED) is 0.842. The molecule has 0 aliphatic heterocycles. The van der Waals surface area contributed by atoms with E-state index in [9.17, 15) is 5.11 Å². The van der Waals surface area contributed by atoms with Gasteiger partial charge in [-0.2, -0.15) is 0 Å². The van der Waals surface area contributed by atoms with E-state index in [1.807, 2.05) is 37.3 Å². The Hall–Kier alpha value is -1.39. The Morgan fingerprint density at radius 1 is 1.29 bits per heavy atom. The van der Waals surface area contributed by atoms with E-state index in [0.717, 1.165) is 15.5 Å². The molecule has 2 aromatic rings. The average molecular weight is 246 g/mol. The predicted molar refractivity (Wildman–Crippen MR) is 67.8 cm³/mol. The molecule has 4 heteroatoms. The smallest absolute Gasteiger partial charge is 0.116 e. The van der Waals surface area contributed by atoms with Crippen molar-refractivity contribution in [2.24, 2.45) is 0 Å². The summed E-state index contributed by atoms with van der Waals surface area (Å²) in [5, 5.41) is 10.8. The second-order valence-electron chi connectivity index (χ2n) is 3.61. The molecular weight excluding hydrogens is 232 g/mol. The summed E-state index contributed by atoms with van der Waals surface area (Å²) in [6, 6.07) is 9.73. The van der Waals surface area contributed by atoms with Crippen molar-refractivity contribution in [3.05, 3.63) is 48.4 Å². The second kappa shape index (κ2) is 5.80. The summed E-state index contributed by atoms with van der Waals surface area (Å²) in [7, 11) is 0. The van der Waals surface area contributed by atoms with Crippen molar-refractivity contribution in [2.45, 2.75) is 29.4 Å². The summed E-state index contributed by atoms with van der Waals surface area (Å²) in [5.74, 6) is 0. The van der Waals surface area contributed by atoms with Gasteiger partial charge in [0.2, 0.25) is 0 Å². The van der Waals surface area contributed by atoms with Gasteiger partial charge < -0.3 is 5.11 Å². The maximum Gasteiger partial charge on any atom is 0.116 e. The van der Waals surface area contributed by atoms with Crippen LogP contribution in [0.15, 0.2) is 52.8 Å². The van der Waals surface area contributed by atoms with Crippen molar-refractivity contribution in [2.75, 3.05) is 0 Å². The molecular formula is C13H14N2OS. The molecule has 1 N–H and O–H groups in total. The fourth-order valence-corrected chi connectivity index (χ4v) is 2.44. The van der Waals surface area contributed by atoms with Crippen molar-refractivity contribution in [1.29, 1.82) is 0 Å². The van der Waals surface area contributed by atoms with E-state index in [1.54, 1.807) is 18.0 Å². The van der Waals surface area contributed by atoms with Crippen LogP contribution in [0.1, 0.15) is 25.0 Å². The van der Waals surface area contributed by atoms with Crippen LogP contribution in [0.5, 0.6) is 0 Å². The van der Waals surface area contributed by atoms with Gasteiger partial charge >= 0.3 is 0 Å². The average Bonchev–Trinajstić information content (AvgIpc) is 2.40. The van der Waals surface area contributed by atoms with E-state index in [0.29, 0.717) is 6.42 Å². The lowest BCUT2D eigenvalue weighted by Gasteiger charge is -2.12. The normalized spacial score (nSPS) is 12.4. The molecule has 88 valence electrons. The number of hydrogen-bond acceptors (Lipinski definition) is 4. The molecule has 0 amide bonds. The molecule has 1 aromatic carbocycles. The van der Waals surface area contributed by atoms with E-state index < -0.39 is 6.10 Å². The van der Waals surface area contributed by atoms with Crippen LogP contribution < -0.4 is 0 Å². The van der Waals surface area contributed by atoms with Gasteiger partial charge in [0.15, 0.2) is 0 Å². The van der Waals surface area contributed by atoms with Gasteiger partial charge in [-0.1, -0.05) is 36.9 Å². The Bertz CT molecular complexity index is 476. The number of rotatable bonds is 4. The van der Waals surface area contributed by atoms with Crippen molar-refractivity contribution in [1.82, 2.24) is 9.97 Å². The van der Waals surface area contributed by atoms with Crippen LogP contribution in [0.3, 0.4) is 0 Å². The zero-order valence-electron chi connectivity index (χ0n) is 9.58. The monoisotopic (exact) mass is 246 g/mol. The summed E-state index contributed by atoms with van der Waals surface area (Å²) in [5.41, 5.74) is 0.957. The van der Waals surface area contributed by atoms with Crippen molar-refractivity contribution in [3.8, 4) is 0 Å². The van der Waals surface area contributed by atoms with Crippen LogP contribution in [0.2, 0.25) is 0 Å². The summed E-state index contributed by atoms with van der Waals surface area (Å²) >= 11 is 1.55. The first-order chi connectivity index (χ1) is 8.31. The molecule has 17 heavy (non-hydrogen) atoms. The first-order valence-electron chi connectivity index (χ1n) is 5.52. The Balaban J connectivity index is 2.27. The van der Waals surface area contributed by atoms with Gasteiger partial charge in [-0.3, -0.25) is 0 Å². The van der Waals surface area contributed by atoms with Crippen LogP contribution >= 0.6 is 11.8 Å². The first-order valence-corrected chi connectivity index (χ1v) is 6.33. The van der Waals surface area contributed by atoms with Gasteiger partial charge in [0, 0.05) is 11.1 Å². The van der Waals surface area contributed by atoms with E-state index in [1.165, 1.54) is 6.33 Å². The minimum absolute atomic E-state index is 0.416. The molecule has 1 aromatic heterocycles. The standard InChI is InChI=1S/C13H14N2OS/c1-2-11(16)10-5-3-4-6-12(10)17-13-7-8-14-9-15-13/h3-9,11,16H,2H2,1H3. The lowest BCUT2D eigenvalue weighted by atomic mass is 10.1. The van der Waals surface area contributed by atoms with E-state index in [4.69, 9.17) is 0 Å². The fraction of sp³-hybridized carbons (Fsp3) is 0.231. The van der Waals surface area contributed by atoms with Gasteiger partial charge in [-0.25, -0.2) is 9.97 Å². The fourth-order valence-electron chi connectivity index (χ4n) is 1.52. The number of aliphatic hydroxyl groups is 1. The Kier molecular flexibility index (Phi) is 4.12. The lowest BCUT2D eigenvalue weighted by Crippen LogP contribution is -1.97. The highest BCUT2D eigenvalue weighted by atomic mass is 32.2. The molecule has 3 nitrogen and oxygen atoms in total. The van der Waals surface area contributed by atoms with Crippen molar-refractivity contribution >= 4 is 11.8 Å². The molecule has 1 atom stereocenters. The molecule has 0 spiro atoms. The predicted octanol–water partition coefficient (Wildman–Crippen LogP) is 3.07. The van der Waals surface area contributed by atoms with Crippen LogP contribution in [-0.2, 0) is 0 Å². The van der Waals surface area contributed by atoms with Gasteiger partial charge in [0.1, 0.15) is 11.4 Å². The molecule has 0 aliphatic rings. The zero-order valence-corrected chi connectivity index (χ0v) is 10.4. The summed E-state index contributed by atoms with van der Waals surface area (Å²) in [6.07, 6.45) is 3.54. The zero-order chi connectivity index (χ0) is 12.1. The Morgan fingerprint density at radius 3 is 2.82 bits per heavy atom. The number of benzene rings is 1. The summed E-state index contributed by atoms with van der Waals surface area (Å²) in [6.45, 7) is 1.97. The van der Waals surface area contributed by atoms with E-state index >= 15 is 0 Å². The highest BCUT2D eigenvalue weighted by molar-refractivity contribution is 7.99. The van der Waals surface area contributed by atoms with Crippen LogP contribution in [-0.4, -0.2) is 15.1 Å². The van der Waals surface area contributed by atoms with Crippen LogP contribution in [0.25, 0.3) is 0 Å². The minimum atomic E-state index is -0.416. The maximum atomic E-state index is 9.94. The largest absolute Gasteiger partial charge is 0.388 e. The first kappa shape index (κ1) is 12.1. The van der Waals surface area contributed by atoms with Gasteiger partial charge in [0.25, 0.3) is 0 Å². The summed E-state index contributed by atoms with van der Waals surface area (Å²) in [4.78, 5) is 9.10. The van der Waals surface area contributed by atoms with Gasteiger partial charge in [-0.15, -0.1) is 0 Å². The van der Waals surface area contributed by atoms with Gasteiger partial charge in [-0.05, 0) is 24.1 Å². The van der Waals surface area contributed by atoms with Gasteiger partial charge in [0.05, 0.1) is 6.10 Å². The molecule has 0 saturated heterocycles. The highest BCUT2D eigenvalue weighted by Crippen LogP contribution is 2.32. The topological polar surface area (TPSA) is 46.0 Å². The molecule has 0 radical (unpaired) electrons. The Labute approximate surface area is 105 Å². The van der Waals surface area contributed by atoms with Crippen molar-refractivity contribution < 1.29 is 5.11 Å². The van der Waals surface area contributed by atoms with E-state index in [2.05, 4.69) is 9.97 Å². The molecule has 1 unspecified atom stereocenters. The third kappa shape index (κ3) is 3.05. The lowest BCUT2D eigenvalue weighted by molar-refractivity contribution is 0.171. The molecule has 2 rings (SSSR count). The Morgan fingerprint density at radius 2 is 2.12 bits per heavy atom. The van der Waals surface area contributed by atoms with E-state index in [-0.39, 0.29) is 0 Å². The molecule has 0 bridgehead atoms. The maximum absolute atomic E-state index is 9.94.